The zero-order chi connectivity index (χ0) is 20.7. The summed E-state index contributed by atoms with van der Waals surface area (Å²) in [7, 11) is 0. The van der Waals surface area contributed by atoms with Gasteiger partial charge in [-0.25, -0.2) is 0 Å². The van der Waals surface area contributed by atoms with Crippen molar-refractivity contribution >= 4 is 0 Å². The van der Waals surface area contributed by atoms with Crippen molar-refractivity contribution in [3.8, 4) is 0 Å². The van der Waals surface area contributed by atoms with Crippen LogP contribution in [0.2, 0.25) is 0 Å². The minimum absolute atomic E-state index is 0.359. The van der Waals surface area contributed by atoms with E-state index in [0.29, 0.717) is 24.0 Å². The number of hydrogen-bond donors (Lipinski definition) is 0. The molecule has 3 saturated carbocycles. The van der Waals surface area contributed by atoms with Crippen LogP contribution in [0.15, 0.2) is 35.0 Å². The molecule has 4 heteroatoms. The SMILES string of the molecule is C1=CC(c2ccco2)(C2CCC(N3CCOCC3)CC2)OC2CCC3CCCCC3C12. The highest BCUT2D eigenvalue weighted by atomic mass is 16.5. The Kier molecular flexibility index (Phi) is 5.74. The molecule has 1 saturated heterocycles. The predicted octanol–water partition coefficient (Wildman–Crippen LogP) is 5.54. The van der Waals surface area contributed by atoms with Gasteiger partial charge in [0.05, 0.1) is 25.6 Å². The predicted molar refractivity (Wildman–Crippen MR) is 121 cm³/mol. The maximum Gasteiger partial charge on any atom is 0.147 e. The molecule has 5 unspecified atom stereocenters. The second-order valence-electron chi connectivity index (χ2n) is 10.8. The summed E-state index contributed by atoms with van der Waals surface area (Å²) in [6.45, 7) is 3.99. The van der Waals surface area contributed by atoms with Crippen LogP contribution in [-0.4, -0.2) is 43.3 Å². The lowest BCUT2D eigenvalue weighted by atomic mass is 9.62. The van der Waals surface area contributed by atoms with E-state index in [0.717, 1.165) is 43.9 Å². The maximum absolute atomic E-state index is 7.18. The van der Waals surface area contributed by atoms with Gasteiger partial charge in [-0.15, -0.1) is 0 Å². The van der Waals surface area contributed by atoms with E-state index in [4.69, 9.17) is 13.9 Å². The van der Waals surface area contributed by atoms with Crippen molar-refractivity contribution in [3.05, 3.63) is 36.3 Å². The monoisotopic (exact) mass is 425 g/mol. The molecule has 0 amide bonds. The molecule has 170 valence electrons. The fraction of sp³-hybridized carbons (Fsp3) is 0.778. The lowest BCUT2D eigenvalue weighted by Crippen LogP contribution is -2.51. The largest absolute Gasteiger partial charge is 0.466 e. The first-order valence-electron chi connectivity index (χ1n) is 13.1. The van der Waals surface area contributed by atoms with Gasteiger partial charge in [-0.3, -0.25) is 4.90 Å². The van der Waals surface area contributed by atoms with Crippen molar-refractivity contribution in [2.75, 3.05) is 26.3 Å². The fourth-order valence-corrected chi connectivity index (χ4v) is 7.78. The van der Waals surface area contributed by atoms with Crippen molar-refractivity contribution in [2.24, 2.45) is 23.7 Å². The van der Waals surface area contributed by atoms with Crippen LogP contribution in [0.5, 0.6) is 0 Å². The van der Waals surface area contributed by atoms with Crippen LogP contribution in [0.4, 0.5) is 0 Å². The third kappa shape index (κ3) is 3.73. The third-order valence-electron chi connectivity index (χ3n) is 9.40. The molecule has 0 N–H and O–H groups in total. The first-order chi connectivity index (χ1) is 15.3. The van der Waals surface area contributed by atoms with Gasteiger partial charge < -0.3 is 13.9 Å². The molecule has 4 nitrogen and oxygen atoms in total. The molecule has 3 heterocycles. The van der Waals surface area contributed by atoms with Crippen molar-refractivity contribution in [3.63, 3.8) is 0 Å². The normalized spacial score (nSPS) is 43.9. The average molecular weight is 426 g/mol. The van der Waals surface area contributed by atoms with Crippen molar-refractivity contribution in [1.82, 2.24) is 4.90 Å². The van der Waals surface area contributed by atoms with Crippen molar-refractivity contribution in [2.45, 2.75) is 82.0 Å². The molecule has 0 spiro atoms. The van der Waals surface area contributed by atoms with E-state index in [2.05, 4.69) is 23.1 Å². The molecule has 31 heavy (non-hydrogen) atoms. The van der Waals surface area contributed by atoms with Crippen LogP contribution in [0.1, 0.15) is 70.0 Å². The summed E-state index contributed by atoms with van der Waals surface area (Å²) < 4.78 is 18.8. The molecule has 1 aromatic heterocycles. The molecule has 1 aromatic rings. The molecule has 2 aliphatic heterocycles. The van der Waals surface area contributed by atoms with Gasteiger partial charge in [0, 0.05) is 25.0 Å². The van der Waals surface area contributed by atoms with Crippen LogP contribution in [0.3, 0.4) is 0 Å². The fourth-order valence-electron chi connectivity index (χ4n) is 7.78. The lowest BCUT2D eigenvalue weighted by molar-refractivity contribution is -0.170. The van der Waals surface area contributed by atoms with Crippen LogP contribution in [0.25, 0.3) is 0 Å². The first-order valence-corrected chi connectivity index (χ1v) is 13.1. The molecular formula is C27H39NO3. The van der Waals surface area contributed by atoms with Crippen LogP contribution in [0, 0.1) is 23.7 Å². The molecule has 0 radical (unpaired) electrons. The smallest absolute Gasteiger partial charge is 0.147 e. The second kappa shape index (κ2) is 8.68. The Labute approximate surface area is 187 Å². The lowest BCUT2D eigenvalue weighted by Gasteiger charge is -2.52. The number of ether oxygens (including phenoxy) is 2. The number of morpholine rings is 1. The summed E-state index contributed by atoms with van der Waals surface area (Å²) in [6, 6.07) is 4.91. The number of nitrogens with zero attached hydrogens (tertiary/aromatic N) is 1. The van der Waals surface area contributed by atoms with Gasteiger partial charge in [0.1, 0.15) is 11.4 Å². The second-order valence-corrected chi connectivity index (χ2v) is 10.8. The number of fused-ring (bicyclic) bond motifs is 3. The molecule has 0 bridgehead atoms. The quantitative estimate of drug-likeness (QED) is 0.596. The van der Waals surface area contributed by atoms with E-state index in [1.807, 2.05) is 12.3 Å². The van der Waals surface area contributed by atoms with Gasteiger partial charge >= 0.3 is 0 Å². The number of rotatable bonds is 3. The number of hydrogen-bond acceptors (Lipinski definition) is 4. The van der Waals surface area contributed by atoms with Crippen LogP contribution < -0.4 is 0 Å². The Morgan fingerprint density at radius 2 is 1.74 bits per heavy atom. The topological polar surface area (TPSA) is 34.8 Å². The first kappa shape index (κ1) is 20.5. The van der Waals surface area contributed by atoms with E-state index in [9.17, 15) is 0 Å². The van der Waals surface area contributed by atoms with E-state index < -0.39 is 0 Å². The Balaban J connectivity index is 1.23. The van der Waals surface area contributed by atoms with Gasteiger partial charge in [-0.2, -0.15) is 0 Å². The summed E-state index contributed by atoms with van der Waals surface area (Å²) in [5.41, 5.74) is -0.359. The standard InChI is InChI=1S/C27H39NO3/c1-2-5-23-20(4-1)7-12-25-24(23)13-14-27(31-25,26-6-3-17-30-26)21-8-10-22(11-9-21)28-15-18-29-19-16-28/h3,6,13-14,17,20-25H,1-2,4-5,7-12,15-16,18-19H2. The summed E-state index contributed by atoms with van der Waals surface area (Å²) in [5, 5.41) is 0. The summed E-state index contributed by atoms with van der Waals surface area (Å²) >= 11 is 0. The van der Waals surface area contributed by atoms with Crippen LogP contribution in [-0.2, 0) is 15.1 Å². The highest BCUT2D eigenvalue weighted by molar-refractivity contribution is 5.25. The Hall–Kier alpha value is -1.10. The summed E-state index contributed by atoms with van der Waals surface area (Å²) in [4.78, 5) is 2.66. The number of furan rings is 1. The molecule has 4 fully saturated rings. The Morgan fingerprint density at radius 1 is 0.903 bits per heavy atom. The minimum Gasteiger partial charge on any atom is -0.466 e. The molecule has 3 aliphatic carbocycles. The highest BCUT2D eigenvalue weighted by Crippen LogP contribution is 2.53. The molecule has 5 aliphatic rings. The Bertz CT molecular complexity index is 747. The highest BCUT2D eigenvalue weighted by Gasteiger charge is 2.51. The molecule has 6 rings (SSSR count). The van der Waals surface area contributed by atoms with Crippen molar-refractivity contribution in [1.29, 1.82) is 0 Å². The maximum atomic E-state index is 7.18. The zero-order valence-electron chi connectivity index (χ0n) is 18.9. The van der Waals surface area contributed by atoms with E-state index in [1.165, 1.54) is 64.2 Å². The minimum atomic E-state index is -0.359. The van der Waals surface area contributed by atoms with E-state index in [-0.39, 0.29) is 5.60 Å². The van der Waals surface area contributed by atoms with E-state index >= 15 is 0 Å². The molecular weight excluding hydrogens is 386 g/mol. The van der Waals surface area contributed by atoms with E-state index in [1.54, 1.807) is 0 Å². The van der Waals surface area contributed by atoms with Gasteiger partial charge in [-0.1, -0.05) is 25.3 Å². The van der Waals surface area contributed by atoms with Gasteiger partial charge in [-0.05, 0) is 80.9 Å². The van der Waals surface area contributed by atoms with Crippen LogP contribution >= 0.6 is 0 Å². The zero-order valence-corrected chi connectivity index (χ0v) is 18.9. The van der Waals surface area contributed by atoms with Gasteiger partial charge in [0.25, 0.3) is 0 Å². The molecule has 0 aromatic carbocycles. The van der Waals surface area contributed by atoms with Gasteiger partial charge in [0.2, 0.25) is 0 Å². The molecule has 5 atom stereocenters. The third-order valence-corrected chi connectivity index (χ3v) is 9.40. The van der Waals surface area contributed by atoms with Gasteiger partial charge in [0.15, 0.2) is 0 Å². The Morgan fingerprint density at radius 3 is 2.55 bits per heavy atom. The van der Waals surface area contributed by atoms with Crippen molar-refractivity contribution < 1.29 is 13.9 Å². The summed E-state index contributed by atoms with van der Waals surface area (Å²) in [6.07, 6.45) is 20.5. The average Bonchev–Trinajstić information content (AvgIpc) is 3.40. The summed E-state index contributed by atoms with van der Waals surface area (Å²) in [5.74, 6) is 3.94.